The number of carboxylic acid groups (broad SMARTS) is 1. The highest BCUT2D eigenvalue weighted by Gasteiger charge is 2.18. The van der Waals surface area contributed by atoms with Gasteiger partial charge in [-0.2, -0.15) is 0 Å². The Balaban J connectivity index is 1.76. The van der Waals surface area contributed by atoms with Gasteiger partial charge in [0.15, 0.2) is 5.76 Å². The molecule has 0 radical (unpaired) electrons. The predicted octanol–water partition coefficient (Wildman–Crippen LogP) is 2.21. The molecule has 2 heterocycles. The maximum Gasteiger partial charge on any atom is 0.371 e. The van der Waals surface area contributed by atoms with Crippen LogP contribution in [0.5, 0.6) is 0 Å². The fraction of sp³-hybridized carbons (Fsp3) is 0.250. The molecule has 1 saturated heterocycles. The molecule has 0 aliphatic carbocycles. The second kappa shape index (κ2) is 6.71. The van der Waals surface area contributed by atoms with Crippen LogP contribution in [0.4, 0.5) is 15.8 Å². The number of benzene rings is 1. The molecule has 0 bridgehead atoms. The van der Waals surface area contributed by atoms with E-state index in [9.17, 15) is 14.0 Å². The Morgan fingerprint density at radius 1 is 1.12 bits per heavy atom. The Bertz CT molecular complexity index is 768. The minimum absolute atomic E-state index is 0.135. The summed E-state index contributed by atoms with van der Waals surface area (Å²) in [5, 5.41) is 11.4. The first-order valence-electron chi connectivity index (χ1n) is 7.31. The van der Waals surface area contributed by atoms with Crippen LogP contribution in [0.2, 0.25) is 0 Å². The third-order valence-corrected chi connectivity index (χ3v) is 3.60. The number of aromatic carboxylic acids is 1. The SMILES string of the molecule is O=C(O)c1ccc(C(=O)Nc2ccc(F)c(N3CCOCC3)c2)o1. The normalized spacial score (nSPS) is 14.5. The van der Waals surface area contributed by atoms with Gasteiger partial charge in [-0.1, -0.05) is 0 Å². The molecule has 24 heavy (non-hydrogen) atoms. The van der Waals surface area contributed by atoms with Crippen LogP contribution in [0.1, 0.15) is 21.1 Å². The van der Waals surface area contributed by atoms with Gasteiger partial charge in [0.2, 0.25) is 5.76 Å². The Hall–Kier alpha value is -2.87. The lowest BCUT2D eigenvalue weighted by Crippen LogP contribution is -2.36. The molecular formula is C16H15FN2O5. The fourth-order valence-electron chi connectivity index (χ4n) is 2.40. The smallest absolute Gasteiger partial charge is 0.371 e. The van der Waals surface area contributed by atoms with Crippen LogP contribution in [-0.2, 0) is 4.74 Å². The van der Waals surface area contributed by atoms with E-state index in [-0.39, 0.29) is 17.3 Å². The van der Waals surface area contributed by atoms with E-state index in [1.807, 2.05) is 4.90 Å². The number of carbonyl (C=O) groups excluding carboxylic acids is 1. The van der Waals surface area contributed by atoms with Crippen LogP contribution in [0.15, 0.2) is 34.7 Å². The number of morpholine rings is 1. The lowest BCUT2D eigenvalue weighted by atomic mass is 10.2. The second-order valence-corrected chi connectivity index (χ2v) is 5.19. The third kappa shape index (κ3) is 3.38. The van der Waals surface area contributed by atoms with E-state index in [4.69, 9.17) is 14.3 Å². The van der Waals surface area contributed by atoms with Gasteiger partial charge >= 0.3 is 5.97 Å². The van der Waals surface area contributed by atoms with Crippen molar-refractivity contribution < 1.29 is 28.2 Å². The zero-order chi connectivity index (χ0) is 17.1. The van der Waals surface area contributed by atoms with Crippen LogP contribution >= 0.6 is 0 Å². The minimum Gasteiger partial charge on any atom is -0.475 e. The lowest BCUT2D eigenvalue weighted by molar-refractivity contribution is 0.0660. The quantitative estimate of drug-likeness (QED) is 0.891. The molecule has 1 aliphatic heterocycles. The first kappa shape index (κ1) is 16.0. The Labute approximate surface area is 136 Å². The predicted molar refractivity (Wildman–Crippen MR) is 83.1 cm³/mol. The zero-order valence-electron chi connectivity index (χ0n) is 12.6. The standard InChI is InChI=1S/C16H15FN2O5/c17-11-2-1-10(9-12(11)19-5-7-23-8-6-19)18-15(20)13-3-4-14(24-13)16(21)22/h1-4,9H,5-8H2,(H,18,20)(H,21,22). The van der Waals surface area contributed by atoms with E-state index >= 15 is 0 Å². The molecule has 126 valence electrons. The van der Waals surface area contributed by atoms with Crippen molar-refractivity contribution in [2.45, 2.75) is 0 Å². The molecule has 1 aliphatic rings. The van der Waals surface area contributed by atoms with Gasteiger partial charge in [0, 0.05) is 18.8 Å². The molecule has 0 spiro atoms. The maximum absolute atomic E-state index is 14.0. The van der Waals surface area contributed by atoms with Crippen molar-refractivity contribution >= 4 is 23.3 Å². The van der Waals surface area contributed by atoms with Gasteiger partial charge < -0.3 is 24.5 Å². The fourth-order valence-corrected chi connectivity index (χ4v) is 2.40. The summed E-state index contributed by atoms with van der Waals surface area (Å²) < 4.78 is 24.2. The van der Waals surface area contributed by atoms with Crippen molar-refractivity contribution in [1.29, 1.82) is 0 Å². The number of amides is 1. The van der Waals surface area contributed by atoms with Crippen molar-refractivity contribution in [2.24, 2.45) is 0 Å². The van der Waals surface area contributed by atoms with Gasteiger partial charge in [0.05, 0.1) is 18.9 Å². The largest absolute Gasteiger partial charge is 0.475 e. The number of carboxylic acids is 1. The number of carbonyl (C=O) groups is 2. The van der Waals surface area contributed by atoms with Crippen LogP contribution in [0, 0.1) is 5.82 Å². The highest BCUT2D eigenvalue weighted by Crippen LogP contribution is 2.25. The van der Waals surface area contributed by atoms with Crippen molar-refractivity contribution in [3.63, 3.8) is 0 Å². The number of anilines is 2. The van der Waals surface area contributed by atoms with Gasteiger partial charge in [-0.25, -0.2) is 9.18 Å². The average molecular weight is 334 g/mol. The number of hydrogen-bond donors (Lipinski definition) is 2. The second-order valence-electron chi connectivity index (χ2n) is 5.19. The summed E-state index contributed by atoms with van der Waals surface area (Å²) in [6.07, 6.45) is 0. The number of nitrogens with one attached hydrogen (secondary N) is 1. The van der Waals surface area contributed by atoms with E-state index < -0.39 is 11.9 Å². The number of halogens is 1. The first-order valence-corrected chi connectivity index (χ1v) is 7.31. The molecule has 2 N–H and O–H groups in total. The molecule has 2 aromatic rings. The summed E-state index contributed by atoms with van der Waals surface area (Å²) >= 11 is 0. The number of nitrogens with zero attached hydrogens (tertiary/aromatic N) is 1. The number of rotatable bonds is 4. The summed E-state index contributed by atoms with van der Waals surface area (Å²) in [5.74, 6) is -2.72. The van der Waals surface area contributed by atoms with Crippen LogP contribution in [-0.4, -0.2) is 43.3 Å². The Kier molecular flexibility index (Phi) is 4.48. The maximum atomic E-state index is 14.0. The van der Waals surface area contributed by atoms with Gasteiger partial charge in [-0.05, 0) is 30.3 Å². The third-order valence-electron chi connectivity index (χ3n) is 3.60. The van der Waals surface area contributed by atoms with Gasteiger partial charge in [-0.3, -0.25) is 4.79 Å². The van der Waals surface area contributed by atoms with Crippen LogP contribution in [0.25, 0.3) is 0 Å². The van der Waals surface area contributed by atoms with Gasteiger partial charge in [0.1, 0.15) is 5.82 Å². The minimum atomic E-state index is -1.26. The molecule has 3 rings (SSSR count). The topological polar surface area (TPSA) is 92.0 Å². The van der Waals surface area contributed by atoms with Gasteiger partial charge in [0.25, 0.3) is 5.91 Å². The molecule has 1 fully saturated rings. The molecule has 1 amide bonds. The van der Waals surface area contributed by atoms with E-state index in [0.29, 0.717) is 37.7 Å². The molecule has 7 nitrogen and oxygen atoms in total. The average Bonchev–Trinajstić information content (AvgIpc) is 3.08. The molecule has 0 atom stereocenters. The summed E-state index contributed by atoms with van der Waals surface area (Å²) in [5.41, 5.74) is 0.762. The lowest BCUT2D eigenvalue weighted by Gasteiger charge is -2.29. The summed E-state index contributed by atoms with van der Waals surface area (Å²) in [4.78, 5) is 24.7. The number of furan rings is 1. The Morgan fingerprint density at radius 2 is 1.83 bits per heavy atom. The molecule has 1 aromatic carbocycles. The van der Waals surface area contributed by atoms with E-state index in [0.717, 1.165) is 0 Å². The summed E-state index contributed by atoms with van der Waals surface area (Å²) in [6, 6.07) is 6.69. The van der Waals surface area contributed by atoms with Crippen LogP contribution in [0.3, 0.4) is 0 Å². The molecule has 1 aromatic heterocycles. The first-order chi connectivity index (χ1) is 11.5. The Morgan fingerprint density at radius 3 is 2.50 bits per heavy atom. The zero-order valence-corrected chi connectivity index (χ0v) is 12.6. The van der Waals surface area contributed by atoms with E-state index in [1.54, 1.807) is 0 Å². The number of ether oxygens (including phenoxy) is 1. The molecular weight excluding hydrogens is 319 g/mol. The van der Waals surface area contributed by atoms with Crippen LogP contribution < -0.4 is 10.2 Å². The monoisotopic (exact) mass is 334 g/mol. The molecule has 0 unspecified atom stereocenters. The highest BCUT2D eigenvalue weighted by molar-refractivity contribution is 6.03. The van der Waals surface area contributed by atoms with Crippen molar-refractivity contribution in [1.82, 2.24) is 0 Å². The van der Waals surface area contributed by atoms with E-state index in [1.165, 1.54) is 30.3 Å². The summed E-state index contributed by atoms with van der Waals surface area (Å²) in [7, 11) is 0. The van der Waals surface area contributed by atoms with E-state index in [2.05, 4.69) is 5.32 Å². The highest BCUT2D eigenvalue weighted by atomic mass is 19.1. The summed E-state index contributed by atoms with van der Waals surface area (Å²) in [6.45, 7) is 2.16. The van der Waals surface area contributed by atoms with Crippen molar-refractivity contribution in [2.75, 3.05) is 36.5 Å². The number of hydrogen-bond acceptors (Lipinski definition) is 5. The van der Waals surface area contributed by atoms with Crippen molar-refractivity contribution in [3.05, 3.63) is 47.7 Å². The molecule has 0 saturated carbocycles. The van der Waals surface area contributed by atoms with Crippen molar-refractivity contribution in [3.8, 4) is 0 Å². The molecule has 8 heteroatoms. The van der Waals surface area contributed by atoms with Gasteiger partial charge in [-0.15, -0.1) is 0 Å².